The zero-order valence-electron chi connectivity index (χ0n) is 14.3. The Kier molecular flexibility index (Phi) is 4.31. The van der Waals surface area contributed by atoms with E-state index in [2.05, 4.69) is 11.0 Å². The van der Waals surface area contributed by atoms with E-state index in [9.17, 15) is 4.79 Å². The highest BCUT2D eigenvalue weighted by molar-refractivity contribution is 5.97. The molecule has 0 bridgehead atoms. The van der Waals surface area contributed by atoms with Gasteiger partial charge in [-0.1, -0.05) is 0 Å². The number of methoxy groups -OCH3 is 2. The van der Waals surface area contributed by atoms with E-state index in [4.69, 9.17) is 9.47 Å². The van der Waals surface area contributed by atoms with Crippen molar-refractivity contribution < 1.29 is 14.3 Å². The highest BCUT2D eigenvalue weighted by atomic mass is 16.5. The highest BCUT2D eigenvalue weighted by Crippen LogP contribution is 2.41. The van der Waals surface area contributed by atoms with Crippen LogP contribution in [0.5, 0.6) is 11.5 Å². The van der Waals surface area contributed by atoms with E-state index < -0.39 is 0 Å². The van der Waals surface area contributed by atoms with Crippen LogP contribution in [0.15, 0.2) is 23.9 Å². The molecule has 5 heteroatoms. The lowest BCUT2D eigenvalue weighted by Gasteiger charge is -2.41. The van der Waals surface area contributed by atoms with Gasteiger partial charge in [0, 0.05) is 51.4 Å². The molecule has 0 amide bonds. The number of hydrogen-bond acceptors (Lipinski definition) is 5. The molecule has 0 saturated carbocycles. The van der Waals surface area contributed by atoms with Crippen LogP contribution in [0.3, 0.4) is 0 Å². The fourth-order valence-electron chi connectivity index (χ4n) is 3.55. The Morgan fingerprint density at radius 1 is 1.22 bits per heavy atom. The monoisotopic (exact) mass is 316 g/mol. The number of fused-ring (bicyclic) bond motifs is 3. The fourth-order valence-corrected chi connectivity index (χ4v) is 3.55. The summed E-state index contributed by atoms with van der Waals surface area (Å²) in [5.74, 6) is 1.73. The Morgan fingerprint density at radius 2 is 1.91 bits per heavy atom. The molecule has 124 valence electrons. The standard InChI is InChI=1S/C18H24N2O3/c1-19(2)10-13-11-20-6-5-12-7-17(22-3)18(23-4)8-14(12)15(20)9-16(13)21/h7-8,10,15H,5-6,9,11H2,1-4H3. The highest BCUT2D eigenvalue weighted by Gasteiger charge is 2.36. The van der Waals surface area contributed by atoms with Crippen molar-refractivity contribution >= 4 is 5.78 Å². The molecule has 5 nitrogen and oxygen atoms in total. The van der Waals surface area contributed by atoms with Crippen molar-refractivity contribution in [2.75, 3.05) is 41.4 Å². The molecule has 1 saturated heterocycles. The average molecular weight is 316 g/mol. The molecule has 0 spiro atoms. The largest absolute Gasteiger partial charge is 0.493 e. The molecule has 1 aromatic rings. The van der Waals surface area contributed by atoms with Gasteiger partial charge in [-0.15, -0.1) is 0 Å². The van der Waals surface area contributed by atoms with Crippen LogP contribution in [-0.4, -0.2) is 57.0 Å². The first-order chi connectivity index (χ1) is 11.0. The van der Waals surface area contributed by atoms with Crippen LogP contribution in [0.4, 0.5) is 0 Å². The van der Waals surface area contributed by atoms with Crippen LogP contribution in [0.1, 0.15) is 23.6 Å². The van der Waals surface area contributed by atoms with Crippen molar-refractivity contribution in [3.05, 3.63) is 35.0 Å². The quantitative estimate of drug-likeness (QED) is 0.798. The van der Waals surface area contributed by atoms with E-state index in [0.29, 0.717) is 6.42 Å². The first-order valence-electron chi connectivity index (χ1n) is 7.92. The number of nitrogens with zero attached hydrogens (tertiary/aromatic N) is 2. The molecule has 1 fully saturated rings. The lowest BCUT2D eigenvalue weighted by molar-refractivity contribution is -0.119. The van der Waals surface area contributed by atoms with Crippen LogP contribution < -0.4 is 9.47 Å². The molecule has 0 N–H and O–H groups in total. The minimum absolute atomic E-state index is 0.144. The van der Waals surface area contributed by atoms with Gasteiger partial charge in [0.05, 0.1) is 14.2 Å². The average Bonchev–Trinajstić information content (AvgIpc) is 2.53. The van der Waals surface area contributed by atoms with Crippen molar-refractivity contribution in [1.82, 2.24) is 9.80 Å². The molecule has 0 radical (unpaired) electrons. The first kappa shape index (κ1) is 15.9. The number of carbonyl (C=O) groups excluding carboxylic acids is 1. The van der Waals surface area contributed by atoms with E-state index in [-0.39, 0.29) is 11.8 Å². The maximum Gasteiger partial charge on any atom is 0.163 e. The van der Waals surface area contributed by atoms with Gasteiger partial charge in [-0.2, -0.15) is 0 Å². The van der Waals surface area contributed by atoms with Gasteiger partial charge in [-0.25, -0.2) is 0 Å². The summed E-state index contributed by atoms with van der Waals surface area (Å²) < 4.78 is 10.8. The molecular formula is C18H24N2O3. The number of benzene rings is 1. The maximum absolute atomic E-state index is 12.5. The third-order valence-electron chi connectivity index (χ3n) is 4.64. The second-order valence-electron chi connectivity index (χ2n) is 6.39. The second-order valence-corrected chi connectivity index (χ2v) is 6.39. The molecular weight excluding hydrogens is 292 g/mol. The Balaban J connectivity index is 1.95. The first-order valence-corrected chi connectivity index (χ1v) is 7.92. The molecule has 2 aliphatic heterocycles. The summed E-state index contributed by atoms with van der Waals surface area (Å²) in [6.45, 7) is 1.68. The third-order valence-corrected chi connectivity index (χ3v) is 4.64. The molecule has 1 aromatic carbocycles. The van der Waals surface area contributed by atoms with Crippen LogP contribution in [0.2, 0.25) is 0 Å². The van der Waals surface area contributed by atoms with Crippen LogP contribution in [-0.2, 0) is 11.2 Å². The summed E-state index contributed by atoms with van der Waals surface area (Å²) in [6.07, 6.45) is 3.44. The van der Waals surface area contributed by atoms with Gasteiger partial charge < -0.3 is 14.4 Å². The molecule has 2 heterocycles. The predicted octanol–water partition coefficient (Wildman–Crippen LogP) is 2.02. The summed E-state index contributed by atoms with van der Waals surface area (Å²) in [5.41, 5.74) is 3.36. The Bertz CT molecular complexity index is 652. The van der Waals surface area contributed by atoms with Crippen LogP contribution >= 0.6 is 0 Å². The van der Waals surface area contributed by atoms with Gasteiger partial charge in [0.1, 0.15) is 0 Å². The second kappa shape index (κ2) is 6.24. The van der Waals surface area contributed by atoms with E-state index in [1.807, 2.05) is 31.3 Å². The molecule has 23 heavy (non-hydrogen) atoms. The minimum Gasteiger partial charge on any atom is -0.493 e. The zero-order chi connectivity index (χ0) is 16.6. The topological polar surface area (TPSA) is 42.0 Å². The number of ketones is 1. The zero-order valence-corrected chi connectivity index (χ0v) is 14.3. The number of ether oxygens (including phenoxy) is 2. The van der Waals surface area contributed by atoms with Gasteiger partial charge in [0.25, 0.3) is 0 Å². The van der Waals surface area contributed by atoms with Gasteiger partial charge in [0.15, 0.2) is 17.3 Å². The lowest BCUT2D eigenvalue weighted by atomic mass is 9.84. The smallest absolute Gasteiger partial charge is 0.163 e. The molecule has 0 aromatic heterocycles. The number of carbonyl (C=O) groups is 1. The van der Waals surface area contributed by atoms with Crippen molar-refractivity contribution in [1.29, 1.82) is 0 Å². The van der Waals surface area contributed by atoms with Crippen molar-refractivity contribution in [3.8, 4) is 11.5 Å². The van der Waals surface area contributed by atoms with E-state index in [1.165, 1.54) is 11.1 Å². The van der Waals surface area contributed by atoms with Gasteiger partial charge >= 0.3 is 0 Å². The Labute approximate surface area is 137 Å². The molecule has 3 rings (SSSR count). The summed E-state index contributed by atoms with van der Waals surface area (Å²) in [6, 6.07) is 4.24. The van der Waals surface area contributed by atoms with Crippen LogP contribution in [0, 0.1) is 0 Å². The van der Waals surface area contributed by atoms with E-state index in [1.54, 1.807) is 14.2 Å². The summed E-state index contributed by atoms with van der Waals surface area (Å²) in [7, 11) is 7.21. The fraction of sp³-hybridized carbons (Fsp3) is 0.500. The van der Waals surface area contributed by atoms with Gasteiger partial charge in [-0.3, -0.25) is 9.69 Å². The summed E-state index contributed by atoms with van der Waals surface area (Å²) in [5, 5.41) is 0. The van der Waals surface area contributed by atoms with Gasteiger partial charge in [0.2, 0.25) is 0 Å². The Morgan fingerprint density at radius 3 is 2.57 bits per heavy atom. The van der Waals surface area contributed by atoms with E-state index in [0.717, 1.165) is 36.6 Å². The van der Waals surface area contributed by atoms with Gasteiger partial charge in [-0.05, 0) is 29.7 Å². The normalized spacial score (nSPS) is 22.5. The number of hydrogen-bond donors (Lipinski definition) is 0. The Hall–Kier alpha value is -2.01. The maximum atomic E-state index is 12.5. The van der Waals surface area contributed by atoms with Crippen molar-refractivity contribution in [2.45, 2.75) is 18.9 Å². The molecule has 1 unspecified atom stereocenters. The summed E-state index contributed by atoms with van der Waals surface area (Å²) >= 11 is 0. The summed E-state index contributed by atoms with van der Waals surface area (Å²) in [4.78, 5) is 16.8. The lowest BCUT2D eigenvalue weighted by Crippen LogP contribution is -2.43. The van der Waals surface area contributed by atoms with Crippen molar-refractivity contribution in [2.24, 2.45) is 0 Å². The van der Waals surface area contributed by atoms with E-state index >= 15 is 0 Å². The molecule has 1 atom stereocenters. The predicted molar refractivity (Wildman–Crippen MR) is 89.0 cm³/mol. The number of rotatable bonds is 3. The van der Waals surface area contributed by atoms with Crippen LogP contribution in [0.25, 0.3) is 0 Å². The van der Waals surface area contributed by atoms with Crippen molar-refractivity contribution in [3.63, 3.8) is 0 Å². The molecule has 2 aliphatic rings. The third kappa shape index (κ3) is 2.93. The number of piperidine rings is 1. The minimum atomic E-state index is 0.144. The molecule has 0 aliphatic carbocycles. The number of Topliss-reactive ketones (excluding diaryl/α,β-unsaturated/α-hetero) is 1. The SMILES string of the molecule is COc1cc2c(cc1OC)C1CC(=O)C(=CN(C)C)CN1CC2.